The van der Waals surface area contributed by atoms with Gasteiger partial charge in [-0.2, -0.15) is 0 Å². The number of aryl methyl sites for hydroxylation is 1. The fraction of sp³-hybridized carbons (Fsp3) is 0.273. The van der Waals surface area contributed by atoms with Gasteiger partial charge < -0.3 is 10.1 Å². The molecule has 2 heterocycles. The molecule has 0 unspecified atom stereocenters. The number of hydrogen-bond donors (Lipinski definition) is 1. The number of thiophene rings is 1. The van der Waals surface area contributed by atoms with Gasteiger partial charge in [0.15, 0.2) is 5.13 Å². The van der Waals surface area contributed by atoms with E-state index in [1.807, 2.05) is 37.4 Å². The summed E-state index contributed by atoms with van der Waals surface area (Å²) in [5.41, 5.74) is 3.44. The summed E-state index contributed by atoms with van der Waals surface area (Å²) in [4.78, 5) is 42.8. The lowest BCUT2D eigenvalue weighted by atomic mass is 10.1. The Bertz CT molecular complexity index is 1080. The average Bonchev–Trinajstić information content (AvgIpc) is 3.42. The van der Waals surface area contributed by atoms with E-state index in [4.69, 9.17) is 4.74 Å². The molecule has 2 amide bonds. The Labute approximate surface area is 188 Å². The second kappa shape index (κ2) is 10.3. The second-order valence-corrected chi connectivity index (χ2v) is 8.62. The highest BCUT2D eigenvalue weighted by Gasteiger charge is 2.20. The van der Waals surface area contributed by atoms with E-state index in [9.17, 15) is 14.4 Å². The highest BCUT2D eigenvalue weighted by Crippen LogP contribution is 2.32. The van der Waals surface area contributed by atoms with E-state index < -0.39 is 5.97 Å². The van der Waals surface area contributed by atoms with Crippen LogP contribution in [-0.2, 0) is 20.9 Å². The molecule has 162 valence electrons. The Morgan fingerprint density at radius 1 is 1.13 bits per heavy atom. The molecule has 1 aromatic carbocycles. The smallest absolute Gasteiger partial charge is 0.307 e. The van der Waals surface area contributed by atoms with Crippen LogP contribution in [0.2, 0.25) is 0 Å². The second-order valence-electron chi connectivity index (χ2n) is 6.84. The van der Waals surface area contributed by atoms with Crippen LogP contribution in [0.3, 0.4) is 0 Å². The van der Waals surface area contributed by atoms with Crippen LogP contribution in [0, 0.1) is 13.8 Å². The lowest BCUT2D eigenvalue weighted by molar-refractivity contribution is -0.144. The van der Waals surface area contributed by atoms with Gasteiger partial charge in [0.1, 0.15) is 6.61 Å². The molecular formula is C22H23N3O4S2. The molecule has 3 rings (SSSR count). The number of thiazole rings is 1. The van der Waals surface area contributed by atoms with Crippen molar-refractivity contribution in [1.82, 2.24) is 10.3 Å². The van der Waals surface area contributed by atoms with E-state index in [0.29, 0.717) is 15.7 Å². The number of ether oxygens (including phenoxy) is 1. The summed E-state index contributed by atoms with van der Waals surface area (Å²) < 4.78 is 5.26. The van der Waals surface area contributed by atoms with E-state index in [1.165, 1.54) is 29.6 Å². The molecule has 0 atom stereocenters. The van der Waals surface area contributed by atoms with Crippen molar-refractivity contribution in [2.75, 3.05) is 11.4 Å². The summed E-state index contributed by atoms with van der Waals surface area (Å²) >= 11 is 2.65. The lowest BCUT2D eigenvalue weighted by Crippen LogP contribution is -2.25. The van der Waals surface area contributed by atoms with Crippen molar-refractivity contribution in [2.45, 2.75) is 33.8 Å². The van der Waals surface area contributed by atoms with Gasteiger partial charge in [-0.25, -0.2) is 4.98 Å². The number of hydrogen-bond acceptors (Lipinski definition) is 7. The zero-order valence-electron chi connectivity index (χ0n) is 17.5. The molecule has 0 spiro atoms. The van der Waals surface area contributed by atoms with Gasteiger partial charge in [0.05, 0.1) is 22.7 Å². The van der Waals surface area contributed by atoms with Gasteiger partial charge in [-0.15, -0.1) is 22.7 Å². The molecule has 0 aliphatic carbocycles. The normalized spacial score (nSPS) is 10.5. The number of aromatic nitrogens is 1. The molecule has 0 aliphatic rings. The molecule has 1 N–H and O–H groups in total. The summed E-state index contributed by atoms with van der Waals surface area (Å²) in [6, 6.07) is 9.30. The molecule has 3 aromatic rings. The van der Waals surface area contributed by atoms with Crippen molar-refractivity contribution in [3.8, 4) is 0 Å². The van der Waals surface area contributed by atoms with E-state index in [0.717, 1.165) is 16.8 Å². The summed E-state index contributed by atoms with van der Waals surface area (Å²) in [5.74, 6) is -0.783. The average molecular weight is 458 g/mol. The maximum Gasteiger partial charge on any atom is 0.307 e. The van der Waals surface area contributed by atoms with Crippen LogP contribution in [0.4, 0.5) is 10.8 Å². The van der Waals surface area contributed by atoms with Crippen LogP contribution in [-0.4, -0.2) is 29.3 Å². The van der Waals surface area contributed by atoms with Crippen LogP contribution < -0.4 is 10.2 Å². The SMILES string of the molecule is CC(=O)N(c1nc(COC(=O)CCNC(=O)c2cccs2)cs1)c1cccc(C)c1C. The van der Waals surface area contributed by atoms with Gasteiger partial charge in [-0.1, -0.05) is 18.2 Å². The predicted octanol–water partition coefficient (Wildman–Crippen LogP) is 4.37. The van der Waals surface area contributed by atoms with Crippen LogP contribution >= 0.6 is 22.7 Å². The number of amides is 2. The summed E-state index contributed by atoms with van der Waals surface area (Å²) in [7, 11) is 0. The first-order valence-corrected chi connectivity index (χ1v) is 11.4. The Morgan fingerprint density at radius 3 is 2.65 bits per heavy atom. The maximum absolute atomic E-state index is 12.3. The molecule has 0 bridgehead atoms. The largest absolute Gasteiger partial charge is 0.459 e. The number of rotatable bonds is 8. The molecule has 7 nitrogen and oxygen atoms in total. The highest BCUT2D eigenvalue weighted by atomic mass is 32.1. The Morgan fingerprint density at radius 2 is 1.94 bits per heavy atom. The third kappa shape index (κ3) is 5.77. The lowest BCUT2D eigenvalue weighted by Gasteiger charge is -2.21. The Hall–Kier alpha value is -3.04. The number of esters is 1. The fourth-order valence-corrected chi connectivity index (χ4v) is 4.35. The minimum atomic E-state index is -0.431. The molecular weight excluding hydrogens is 434 g/mol. The van der Waals surface area contributed by atoms with Gasteiger partial charge >= 0.3 is 5.97 Å². The zero-order chi connectivity index (χ0) is 22.4. The molecule has 0 fully saturated rings. The van der Waals surface area contributed by atoms with E-state index in [1.54, 1.807) is 22.4 Å². The predicted molar refractivity (Wildman–Crippen MR) is 122 cm³/mol. The van der Waals surface area contributed by atoms with Crippen LogP contribution in [0.5, 0.6) is 0 Å². The number of carbonyl (C=O) groups excluding carboxylic acids is 3. The minimum Gasteiger partial charge on any atom is -0.459 e. The van der Waals surface area contributed by atoms with Gasteiger partial charge in [-0.3, -0.25) is 19.3 Å². The zero-order valence-corrected chi connectivity index (χ0v) is 19.1. The quantitative estimate of drug-likeness (QED) is 0.508. The first-order valence-electron chi connectivity index (χ1n) is 9.65. The highest BCUT2D eigenvalue weighted by molar-refractivity contribution is 7.14. The van der Waals surface area contributed by atoms with E-state index in [-0.39, 0.29) is 31.4 Å². The van der Waals surface area contributed by atoms with Gasteiger partial charge in [0.25, 0.3) is 5.91 Å². The molecule has 0 saturated carbocycles. The Balaban J connectivity index is 1.55. The molecule has 9 heteroatoms. The van der Waals surface area contributed by atoms with Crippen molar-refractivity contribution in [3.63, 3.8) is 0 Å². The van der Waals surface area contributed by atoms with Crippen molar-refractivity contribution < 1.29 is 19.1 Å². The number of benzene rings is 1. The third-order valence-electron chi connectivity index (χ3n) is 4.60. The van der Waals surface area contributed by atoms with Crippen LogP contribution in [0.25, 0.3) is 0 Å². The van der Waals surface area contributed by atoms with E-state index >= 15 is 0 Å². The monoisotopic (exact) mass is 457 g/mol. The van der Waals surface area contributed by atoms with Crippen molar-refractivity contribution in [2.24, 2.45) is 0 Å². The third-order valence-corrected chi connectivity index (χ3v) is 6.35. The first-order chi connectivity index (χ1) is 14.9. The first kappa shape index (κ1) is 22.6. The summed E-state index contributed by atoms with van der Waals surface area (Å²) in [6.07, 6.45) is 0.0656. The molecule has 0 saturated heterocycles. The van der Waals surface area contributed by atoms with Gasteiger partial charge in [-0.05, 0) is 42.5 Å². The Kier molecular flexibility index (Phi) is 7.54. The maximum atomic E-state index is 12.3. The molecule has 2 aromatic heterocycles. The number of nitrogens with zero attached hydrogens (tertiary/aromatic N) is 2. The summed E-state index contributed by atoms with van der Waals surface area (Å²) in [6.45, 7) is 5.66. The molecule has 0 aliphatic heterocycles. The van der Waals surface area contributed by atoms with Gasteiger partial charge in [0.2, 0.25) is 5.91 Å². The fourth-order valence-electron chi connectivity index (χ4n) is 2.85. The molecule has 0 radical (unpaired) electrons. The number of anilines is 2. The standard InChI is InChI=1S/C22H23N3O4S2/c1-14-6-4-7-18(15(14)2)25(16(3)26)22-24-17(13-31-22)12-29-20(27)9-10-23-21(28)19-8-5-11-30-19/h4-8,11,13H,9-10,12H2,1-3H3,(H,23,28). The minimum absolute atomic E-state index is 0.00670. The summed E-state index contributed by atoms with van der Waals surface area (Å²) in [5, 5.41) is 6.79. The number of nitrogens with one attached hydrogen (secondary N) is 1. The molecule has 31 heavy (non-hydrogen) atoms. The van der Waals surface area contributed by atoms with Gasteiger partial charge in [0, 0.05) is 18.8 Å². The van der Waals surface area contributed by atoms with E-state index in [2.05, 4.69) is 10.3 Å². The number of carbonyl (C=O) groups is 3. The van der Waals surface area contributed by atoms with Crippen molar-refractivity contribution in [3.05, 3.63) is 62.8 Å². The van der Waals surface area contributed by atoms with Crippen molar-refractivity contribution >= 4 is 51.3 Å². The van der Waals surface area contributed by atoms with Crippen LogP contribution in [0.1, 0.15) is 39.8 Å². The van der Waals surface area contributed by atoms with Crippen LogP contribution in [0.15, 0.2) is 41.1 Å². The van der Waals surface area contributed by atoms with Crippen molar-refractivity contribution in [1.29, 1.82) is 0 Å². The topological polar surface area (TPSA) is 88.6 Å².